The van der Waals surface area contributed by atoms with Crippen molar-refractivity contribution in [1.82, 2.24) is 5.32 Å². The average Bonchev–Trinajstić information content (AvgIpc) is 2.79. The minimum Gasteiger partial charge on any atom is -0.336 e. The fraction of sp³-hybridized carbons (Fsp3) is 0.167. The summed E-state index contributed by atoms with van der Waals surface area (Å²) in [6.45, 7) is 0.542. The number of rotatable bonds is 4. The first kappa shape index (κ1) is 19.8. The van der Waals surface area contributed by atoms with Crippen LogP contribution in [0.1, 0.15) is 33.9 Å². The first-order chi connectivity index (χ1) is 14.5. The van der Waals surface area contributed by atoms with E-state index in [4.69, 9.17) is 0 Å². The summed E-state index contributed by atoms with van der Waals surface area (Å²) < 4.78 is 26.8. The second-order valence-corrected chi connectivity index (χ2v) is 7.17. The lowest BCUT2D eigenvalue weighted by atomic mass is 9.99. The highest BCUT2D eigenvalue weighted by Crippen LogP contribution is 2.29. The molecule has 0 spiro atoms. The number of anilines is 1. The summed E-state index contributed by atoms with van der Waals surface area (Å²) in [5, 5.41) is 2.70. The molecule has 1 aliphatic rings. The largest absolute Gasteiger partial charge is 0.336 e. The zero-order valence-corrected chi connectivity index (χ0v) is 16.1. The second-order valence-electron chi connectivity index (χ2n) is 7.17. The van der Waals surface area contributed by atoms with Gasteiger partial charge < -0.3 is 10.2 Å². The third-order valence-electron chi connectivity index (χ3n) is 5.21. The van der Waals surface area contributed by atoms with Crippen LogP contribution in [-0.2, 0) is 11.2 Å². The lowest BCUT2D eigenvalue weighted by Gasteiger charge is -2.32. The van der Waals surface area contributed by atoms with Crippen molar-refractivity contribution in [1.29, 1.82) is 0 Å². The van der Waals surface area contributed by atoms with Gasteiger partial charge in [0.1, 0.15) is 6.04 Å². The Hall–Kier alpha value is -3.54. The molecule has 0 aliphatic carbocycles. The predicted molar refractivity (Wildman–Crippen MR) is 110 cm³/mol. The normalized spacial score (nSPS) is 14.0. The van der Waals surface area contributed by atoms with Crippen LogP contribution in [0.5, 0.6) is 0 Å². The Bertz CT molecular complexity index is 1090. The quantitative estimate of drug-likeness (QED) is 0.698. The predicted octanol–water partition coefficient (Wildman–Crippen LogP) is 4.42. The summed E-state index contributed by atoms with van der Waals surface area (Å²) in [5.41, 5.74) is 2.47. The zero-order valence-electron chi connectivity index (χ0n) is 16.1. The number of amides is 2. The van der Waals surface area contributed by atoms with E-state index in [1.807, 2.05) is 30.3 Å². The number of nitrogens with one attached hydrogen (secondary N) is 1. The molecule has 0 aromatic heterocycles. The third-order valence-corrected chi connectivity index (χ3v) is 5.21. The van der Waals surface area contributed by atoms with E-state index < -0.39 is 23.6 Å². The molecule has 1 atom stereocenters. The molecule has 1 N–H and O–H groups in total. The van der Waals surface area contributed by atoms with Crippen LogP contribution < -0.4 is 10.2 Å². The zero-order chi connectivity index (χ0) is 21.1. The SMILES string of the molecule is O=C(N[C@@H](C(=O)N1CCCc2ccccc21)c1ccccc1)c1ccc(F)c(F)c1. The second kappa shape index (κ2) is 8.45. The van der Waals surface area contributed by atoms with E-state index in [0.717, 1.165) is 36.2 Å². The van der Waals surface area contributed by atoms with E-state index in [2.05, 4.69) is 5.32 Å². The van der Waals surface area contributed by atoms with Gasteiger partial charge in [0.25, 0.3) is 11.8 Å². The highest BCUT2D eigenvalue weighted by atomic mass is 19.2. The van der Waals surface area contributed by atoms with Crippen LogP contribution in [-0.4, -0.2) is 18.4 Å². The molecule has 0 saturated carbocycles. The molecule has 0 radical (unpaired) electrons. The minimum atomic E-state index is -1.12. The number of aryl methyl sites for hydroxylation is 1. The van der Waals surface area contributed by atoms with Crippen molar-refractivity contribution in [2.45, 2.75) is 18.9 Å². The van der Waals surface area contributed by atoms with Gasteiger partial charge in [0.2, 0.25) is 0 Å². The van der Waals surface area contributed by atoms with Crippen LogP contribution in [0.25, 0.3) is 0 Å². The Balaban J connectivity index is 1.66. The Kier molecular flexibility index (Phi) is 5.57. The van der Waals surface area contributed by atoms with Crippen molar-refractivity contribution in [2.24, 2.45) is 0 Å². The number of nitrogens with zero attached hydrogens (tertiary/aromatic N) is 1. The lowest BCUT2D eigenvalue weighted by molar-refractivity contribution is -0.120. The van der Waals surface area contributed by atoms with Crippen LogP contribution in [0.3, 0.4) is 0 Å². The van der Waals surface area contributed by atoms with E-state index in [0.29, 0.717) is 12.1 Å². The number of carbonyl (C=O) groups excluding carboxylic acids is 2. The number of para-hydroxylation sites is 1. The van der Waals surface area contributed by atoms with Crippen molar-refractivity contribution in [3.8, 4) is 0 Å². The molecule has 2 amide bonds. The molecule has 3 aromatic carbocycles. The van der Waals surface area contributed by atoms with Gasteiger partial charge in [0, 0.05) is 17.8 Å². The van der Waals surface area contributed by atoms with Gasteiger partial charge in [-0.3, -0.25) is 9.59 Å². The number of halogens is 2. The van der Waals surface area contributed by atoms with Crippen molar-refractivity contribution < 1.29 is 18.4 Å². The topological polar surface area (TPSA) is 49.4 Å². The summed E-state index contributed by atoms with van der Waals surface area (Å²) in [4.78, 5) is 28.0. The lowest BCUT2D eigenvalue weighted by Crippen LogP contribution is -2.45. The van der Waals surface area contributed by atoms with Gasteiger partial charge in [-0.2, -0.15) is 0 Å². The molecule has 30 heavy (non-hydrogen) atoms. The fourth-order valence-corrected chi connectivity index (χ4v) is 3.70. The average molecular weight is 406 g/mol. The van der Waals surface area contributed by atoms with E-state index in [-0.39, 0.29) is 11.5 Å². The molecule has 6 heteroatoms. The van der Waals surface area contributed by atoms with Crippen LogP contribution in [0, 0.1) is 11.6 Å². The highest BCUT2D eigenvalue weighted by molar-refractivity contribution is 6.03. The maximum atomic E-state index is 13.6. The summed E-state index contributed by atoms with van der Waals surface area (Å²) >= 11 is 0. The molecule has 1 heterocycles. The summed E-state index contributed by atoms with van der Waals surface area (Å²) in [6.07, 6.45) is 1.71. The number of hydrogen-bond acceptors (Lipinski definition) is 2. The standard InChI is InChI=1S/C24H20F2N2O2/c25-19-13-12-18(15-20(19)26)23(29)27-22(17-8-2-1-3-9-17)24(30)28-14-6-10-16-7-4-5-11-21(16)28/h1-5,7-9,11-13,15,22H,6,10,14H2,(H,27,29)/t22-/m1/s1. The van der Waals surface area contributed by atoms with E-state index in [1.54, 1.807) is 29.2 Å². The van der Waals surface area contributed by atoms with Gasteiger partial charge in [0.05, 0.1) is 0 Å². The first-order valence-corrected chi connectivity index (χ1v) is 9.75. The van der Waals surface area contributed by atoms with Gasteiger partial charge in [-0.15, -0.1) is 0 Å². The minimum absolute atomic E-state index is 0.0540. The molecule has 152 valence electrons. The molecule has 3 aromatic rings. The Morgan fingerprint density at radius 3 is 2.40 bits per heavy atom. The maximum Gasteiger partial charge on any atom is 0.254 e. The van der Waals surface area contributed by atoms with Gasteiger partial charge in [0.15, 0.2) is 11.6 Å². The van der Waals surface area contributed by atoms with Crippen molar-refractivity contribution in [3.63, 3.8) is 0 Å². The maximum absolute atomic E-state index is 13.6. The van der Waals surface area contributed by atoms with Gasteiger partial charge in [-0.1, -0.05) is 48.5 Å². The number of carbonyl (C=O) groups is 2. The highest BCUT2D eigenvalue weighted by Gasteiger charge is 2.31. The molecular formula is C24H20F2N2O2. The number of hydrogen-bond donors (Lipinski definition) is 1. The van der Waals surface area contributed by atoms with Gasteiger partial charge in [-0.05, 0) is 48.2 Å². The van der Waals surface area contributed by atoms with Gasteiger partial charge in [-0.25, -0.2) is 8.78 Å². The van der Waals surface area contributed by atoms with Crippen molar-refractivity contribution >= 4 is 17.5 Å². The smallest absolute Gasteiger partial charge is 0.254 e. The van der Waals surface area contributed by atoms with Crippen LogP contribution >= 0.6 is 0 Å². The van der Waals surface area contributed by atoms with Crippen LogP contribution in [0.2, 0.25) is 0 Å². The fourth-order valence-electron chi connectivity index (χ4n) is 3.70. The Morgan fingerprint density at radius 2 is 1.63 bits per heavy atom. The molecular weight excluding hydrogens is 386 g/mol. The molecule has 0 saturated heterocycles. The summed E-state index contributed by atoms with van der Waals surface area (Å²) in [6, 6.07) is 18.5. The molecule has 0 unspecified atom stereocenters. The third kappa shape index (κ3) is 3.94. The Morgan fingerprint density at radius 1 is 0.900 bits per heavy atom. The van der Waals surface area contributed by atoms with Crippen molar-refractivity contribution in [3.05, 3.63) is 101 Å². The van der Waals surface area contributed by atoms with Crippen LogP contribution in [0.4, 0.5) is 14.5 Å². The van der Waals surface area contributed by atoms with Gasteiger partial charge >= 0.3 is 0 Å². The van der Waals surface area contributed by atoms with Crippen LogP contribution in [0.15, 0.2) is 72.8 Å². The number of fused-ring (bicyclic) bond motifs is 1. The number of benzene rings is 3. The van der Waals surface area contributed by atoms with E-state index >= 15 is 0 Å². The van der Waals surface area contributed by atoms with E-state index in [1.165, 1.54) is 6.07 Å². The Labute approximate surface area is 173 Å². The first-order valence-electron chi connectivity index (χ1n) is 9.75. The molecule has 0 bridgehead atoms. The molecule has 4 rings (SSSR count). The monoisotopic (exact) mass is 406 g/mol. The van der Waals surface area contributed by atoms with E-state index in [9.17, 15) is 18.4 Å². The summed E-state index contributed by atoms with van der Waals surface area (Å²) in [5.74, 6) is -3.08. The molecule has 1 aliphatic heterocycles. The molecule has 4 nitrogen and oxygen atoms in total. The summed E-state index contributed by atoms with van der Waals surface area (Å²) in [7, 11) is 0. The van der Waals surface area contributed by atoms with Crippen molar-refractivity contribution in [2.75, 3.05) is 11.4 Å². The molecule has 0 fully saturated rings.